The molecule has 0 aromatic heterocycles. The molecule has 0 unspecified atom stereocenters. The van der Waals surface area contributed by atoms with Crippen LogP contribution in [0.5, 0.6) is 0 Å². The number of esters is 1. The number of rotatable bonds is 3. The Kier molecular flexibility index (Phi) is 3.44. The smallest absolute Gasteiger partial charge is 0.330 e. The average Bonchev–Trinajstić information content (AvgIpc) is 1.87. The topological polar surface area (TPSA) is 26.3 Å². The molecule has 0 radical (unpaired) electrons. The zero-order valence-corrected chi connectivity index (χ0v) is 5.46. The quantitative estimate of drug-likeness (QED) is 0.323. The standard InChI is InChI=1S/C7H10O2/c1-4-6(3)9-7(8)5-2/h4-6H,1-2H2,3H3/t6-/m1/s1. The third-order valence-corrected chi connectivity index (χ3v) is 0.801. The number of hydrogen-bond donors (Lipinski definition) is 0. The van der Waals surface area contributed by atoms with Gasteiger partial charge in [-0.25, -0.2) is 4.79 Å². The van der Waals surface area contributed by atoms with Gasteiger partial charge in [0, 0.05) is 6.08 Å². The minimum atomic E-state index is -0.414. The molecular weight excluding hydrogens is 116 g/mol. The molecule has 0 rings (SSSR count). The molecule has 0 amide bonds. The van der Waals surface area contributed by atoms with Crippen LogP contribution < -0.4 is 0 Å². The van der Waals surface area contributed by atoms with Crippen LogP contribution in [-0.2, 0) is 9.53 Å². The summed E-state index contributed by atoms with van der Waals surface area (Å²) in [5, 5.41) is 0. The molecule has 2 nitrogen and oxygen atoms in total. The number of carbonyl (C=O) groups excluding carboxylic acids is 1. The predicted molar refractivity (Wildman–Crippen MR) is 35.9 cm³/mol. The van der Waals surface area contributed by atoms with Crippen molar-refractivity contribution < 1.29 is 9.53 Å². The summed E-state index contributed by atoms with van der Waals surface area (Å²) in [7, 11) is 0. The van der Waals surface area contributed by atoms with Gasteiger partial charge in [-0.1, -0.05) is 19.2 Å². The third-order valence-electron chi connectivity index (χ3n) is 0.801. The third kappa shape index (κ3) is 3.53. The van der Waals surface area contributed by atoms with Crippen molar-refractivity contribution in [2.75, 3.05) is 0 Å². The monoisotopic (exact) mass is 126 g/mol. The molecule has 1 atom stereocenters. The molecule has 0 saturated carbocycles. The second-order valence-corrected chi connectivity index (χ2v) is 1.58. The molecule has 0 spiro atoms. The first-order chi connectivity index (χ1) is 4.20. The predicted octanol–water partition coefficient (Wildman–Crippen LogP) is 1.29. The van der Waals surface area contributed by atoms with Gasteiger partial charge in [-0.05, 0) is 6.92 Å². The van der Waals surface area contributed by atoms with Crippen LogP contribution in [0, 0.1) is 0 Å². The van der Waals surface area contributed by atoms with E-state index in [4.69, 9.17) is 0 Å². The molecule has 0 heterocycles. The van der Waals surface area contributed by atoms with Crippen LogP contribution >= 0.6 is 0 Å². The fourth-order valence-electron chi connectivity index (χ4n) is 0.279. The maximum absolute atomic E-state index is 10.4. The summed E-state index contributed by atoms with van der Waals surface area (Å²) in [5.41, 5.74) is 0. The number of ether oxygens (including phenoxy) is 1. The van der Waals surface area contributed by atoms with E-state index in [2.05, 4.69) is 17.9 Å². The fraction of sp³-hybridized carbons (Fsp3) is 0.286. The molecule has 0 bridgehead atoms. The van der Waals surface area contributed by atoms with Gasteiger partial charge in [0.1, 0.15) is 6.10 Å². The highest BCUT2D eigenvalue weighted by atomic mass is 16.5. The summed E-state index contributed by atoms with van der Waals surface area (Å²) in [6, 6.07) is 0. The molecule has 0 aliphatic rings. The van der Waals surface area contributed by atoms with Gasteiger partial charge in [0.15, 0.2) is 0 Å². The second-order valence-electron chi connectivity index (χ2n) is 1.58. The molecule has 0 fully saturated rings. The van der Waals surface area contributed by atoms with E-state index >= 15 is 0 Å². The van der Waals surface area contributed by atoms with Gasteiger partial charge in [-0.15, -0.1) is 0 Å². The zero-order valence-electron chi connectivity index (χ0n) is 5.46. The Morgan fingerprint density at radius 3 is 2.56 bits per heavy atom. The van der Waals surface area contributed by atoms with Crippen LogP contribution in [0.3, 0.4) is 0 Å². The molecule has 0 aliphatic heterocycles. The van der Waals surface area contributed by atoms with E-state index in [0.29, 0.717) is 0 Å². The van der Waals surface area contributed by atoms with E-state index < -0.39 is 5.97 Å². The van der Waals surface area contributed by atoms with Crippen molar-refractivity contribution in [2.24, 2.45) is 0 Å². The van der Waals surface area contributed by atoms with Gasteiger partial charge in [-0.3, -0.25) is 0 Å². The minimum Gasteiger partial charge on any atom is -0.455 e. The lowest BCUT2D eigenvalue weighted by Gasteiger charge is -2.04. The molecule has 0 aliphatic carbocycles. The summed E-state index contributed by atoms with van der Waals surface area (Å²) in [4.78, 5) is 10.4. The summed E-state index contributed by atoms with van der Waals surface area (Å²) in [5.74, 6) is -0.414. The Labute approximate surface area is 54.8 Å². The van der Waals surface area contributed by atoms with Crippen molar-refractivity contribution in [1.29, 1.82) is 0 Å². The van der Waals surface area contributed by atoms with Crippen LogP contribution in [0.1, 0.15) is 6.92 Å². The maximum atomic E-state index is 10.4. The van der Waals surface area contributed by atoms with E-state index in [9.17, 15) is 4.79 Å². The van der Waals surface area contributed by atoms with Gasteiger partial charge in [0.2, 0.25) is 0 Å². The van der Waals surface area contributed by atoms with Gasteiger partial charge in [-0.2, -0.15) is 0 Å². The first kappa shape index (κ1) is 7.95. The lowest BCUT2D eigenvalue weighted by atomic mass is 10.4. The van der Waals surface area contributed by atoms with E-state index in [1.807, 2.05) is 0 Å². The van der Waals surface area contributed by atoms with Crippen LogP contribution in [0.15, 0.2) is 25.3 Å². The van der Waals surface area contributed by atoms with Crippen molar-refractivity contribution in [1.82, 2.24) is 0 Å². The van der Waals surface area contributed by atoms with Crippen molar-refractivity contribution in [2.45, 2.75) is 13.0 Å². The lowest BCUT2D eigenvalue weighted by Crippen LogP contribution is -2.08. The van der Waals surface area contributed by atoms with Gasteiger partial charge in [0.25, 0.3) is 0 Å². The molecule has 9 heavy (non-hydrogen) atoms. The maximum Gasteiger partial charge on any atom is 0.330 e. The summed E-state index contributed by atoms with van der Waals surface area (Å²) in [6.45, 7) is 8.41. The first-order valence-electron chi connectivity index (χ1n) is 2.66. The average molecular weight is 126 g/mol. The Morgan fingerprint density at radius 1 is 1.67 bits per heavy atom. The molecule has 2 heteroatoms. The van der Waals surface area contributed by atoms with Gasteiger partial charge in [0.05, 0.1) is 0 Å². The van der Waals surface area contributed by atoms with E-state index in [0.717, 1.165) is 6.08 Å². The van der Waals surface area contributed by atoms with Crippen LogP contribution in [0.2, 0.25) is 0 Å². The summed E-state index contributed by atoms with van der Waals surface area (Å²) >= 11 is 0. The van der Waals surface area contributed by atoms with E-state index in [1.54, 1.807) is 13.0 Å². The first-order valence-corrected chi connectivity index (χ1v) is 2.66. The zero-order chi connectivity index (χ0) is 7.28. The summed E-state index contributed by atoms with van der Waals surface area (Å²) < 4.78 is 4.67. The molecule has 0 N–H and O–H groups in total. The van der Waals surface area contributed by atoms with Crippen molar-refractivity contribution >= 4 is 5.97 Å². The molecule has 0 aromatic carbocycles. The highest BCUT2D eigenvalue weighted by molar-refractivity contribution is 5.81. The van der Waals surface area contributed by atoms with Crippen molar-refractivity contribution in [3.8, 4) is 0 Å². The SMILES string of the molecule is C=CC(=O)O[C@H](C)C=C. The van der Waals surface area contributed by atoms with Crippen molar-refractivity contribution in [3.05, 3.63) is 25.3 Å². The van der Waals surface area contributed by atoms with E-state index in [1.165, 1.54) is 0 Å². The highest BCUT2D eigenvalue weighted by Crippen LogP contribution is 1.91. The Balaban J connectivity index is 3.58. The Hall–Kier alpha value is -1.05. The normalized spacial score (nSPS) is 11.7. The van der Waals surface area contributed by atoms with Crippen LogP contribution in [0.25, 0.3) is 0 Å². The number of hydrogen-bond acceptors (Lipinski definition) is 2. The minimum absolute atomic E-state index is 0.226. The van der Waals surface area contributed by atoms with Crippen LogP contribution in [0.4, 0.5) is 0 Å². The second kappa shape index (κ2) is 3.89. The molecular formula is C7H10O2. The highest BCUT2D eigenvalue weighted by Gasteiger charge is 1.98. The summed E-state index contributed by atoms with van der Waals surface area (Å²) in [6.07, 6.45) is 2.44. The molecule has 0 saturated heterocycles. The van der Waals surface area contributed by atoms with Crippen molar-refractivity contribution in [3.63, 3.8) is 0 Å². The Bertz CT molecular complexity index is 127. The Morgan fingerprint density at radius 2 is 2.22 bits per heavy atom. The number of carbonyl (C=O) groups is 1. The largest absolute Gasteiger partial charge is 0.455 e. The van der Waals surface area contributed by atoms with Crippen LogP contribution in [-0.4, -0.2) is 12.1 Å². The lowest BCUT2D eigenvalue weighted by molar-refractivity contribution is -0.140. The fourth-order valence-corrected chi connectivity index (χ4v) is 0.279. The van der Waals surface area contributed by atoms with Gasteiger partial charge < -0.3 is 4.74 Å². The molecule has 0 aromatic rings. The van der Waals surface area contributed by atoms with E-state index in [-0.39, 0.29) is 6.10 Å². The van der Waals surface area contributed by atoms with Gasteiger partial charge >= 0.3 is 5.97 Å². The molecule has 50 valence electrons.